The number of amides is 1. The Kier molecular flexibility index (Phi) is 8.43. The fourth-order valence-electron chi connectivity index (χ4n) is 5.28. The lowest BCUT2D eigenvalue weighted by molar-refractivity contribution is -0.118. The lowest BCUT2D eigenvalue weighted by Gasteiger charge is -2.37. The van der Waals surface area contributed by atoms with Crippen LogP contribution in [0, 0.1) is 28.4 Å². The van der Waals surface area contributed by atoms with Gasteiger partial charge in [-0.2, -0.15) is 5.26 Å². The molecule has 1 saturated heterocycles. The highest BCUT2D eigenvalue weighted by Gasteiger charge is 2.61. The number of carbonyl (C=O) groups excluding carboxylic acids is 1. The topological polar surface area (TPSA) is 111 Å². The first-order valence-corrected chi connectivity index (χ1v) is 13.7. The largest absolute Gasteiger partial charge is 0.512 e. The molecule has 0 radical (unpaired) electrons. The van der Waals surface area contributed by atoms with E-state index in [-0.39, 0.29) is 36.7 Å². The van der Waals surface area contributed by atoms with Crippen molar-refractivity contribution >= 4 is 51.6 Å². The molecule has 0 bridgehead atoms. The fraction of sp³-hybridized carbons (Fsp3) is 0.321. The van der Waals surface area contributed by atoms with Crippen LogP contribution in [0.4, 0.5) is 18.6 Å². The van der Waals surface area contributed by atoms with Crippen molar-refractivity contribution in [3.05, 3.63) is 81.3 Å². The third kappa shape index (κ3) is 5.79. The molecule has 0 aliphatic carbocycles. The second-order valence-electron chi connectivity index (χ2n) is 10.7. The van der Waals surface area contributed by atoms with Gasteiger partial charge in [0.2, 0.25) is 5.91 Å². The number of hydrogen-bond acceptors (Lipinski definition) is 6. The number of carboxylic acid groups (broad SMARTS) is 1. The molecular weight excluding hydrogens is 583 g/mol. The summed E-state index contributed by atoms with van der Waals surface area (Å²) in [6.07, 6.45) is -1.19. The first-order chi connectivity index (χ1) is 18.8. The molecule has 40 heavy (non-hydrogen) atoms. The number of rotatable bonds is 6. The number of nitrogens with zero attached hydrogens (tertiary/aromatic N) is 1. The molecular formula is C28H25Cl2F2N3O4S. The number of thiophene rings is 1. The number of carbonyl (C=O) groups is 2. The molecule has 1 amide bonds. The minimum atomic E-state index is -1.76. The number of ether oxygens (including phenoxy) is 1. The van der Waals surface area contributed by atoms with E-state index in [0.717, 1.165) is 17.4 Å². The van der Waals surface area contributed by atoms with E-state index in [4.69, 9.17) is 28.3 Å². The summed E-state index contributed by atoms with van der Waals surface area (Å²) in [4.78, 5) is 24.7. The third-order valence-corrected chi connectivity index (χ3v) is 8.15. The number of benzene rings is 2. The van der Waals surface area contributed by atoms with Gasteiger partial charge < -0.3 is 20.5 Å². The quantitative estimate of drug-likeness (QED) is 0.253. The zero-order chi connectivity index (χ0) is 29.4. The Bertz CT molecular complexity index is 1500. The van der Waals surface area contributed by atoms with Gasteiger partial charge in [-0.05, 0) is 47.7 Å². The van der Waals surface area contributed by atoms with E-state index in [1.54, 1.807) is 0 Å². The number of anilines is 1. The zero-order valence-electron chi connectivity index (χ0n) is 21.6. The minimum absolute atomic E-state index is 0.0276. The average molecular weight is 608 g/mol. The van der Waals surface area contributed by atoms with Crippen molar-refractivity contribution in [2.24, 2.45) is 5.41 Å². The van der Waals surface area contributed by atoms with E-state index in [2.05, 4.69) is 21.4 Å². The maximum Gasteiger partial charge on any atom is 0.512 e. The van der Waals surface area contributed by atoms with Crippen molar-refractivity contribution < 1.29 is 28.2 Å². The molecule has 4 rings (SSSR count). The second kappa shape index (κ2) is 11.3. The van der Waals surface area contributed by atoms with Gasteiger partial charge in [-0.25, -0.2) is 13.6 Å². The van der Waals surface area contributed by atoms with Crippen LogP contribution in [-0.2, 0) is 10.2 Å². The van der Waals surface area contributed by atoms with Gasteiger partial charge in [-0.3, -0.25) is 4.79 Å². The lowest BCUT2D eigenvalue weighted by Crippen LogP contribution is -2.44. The van der Waals surface area contributed by atoms with Crippen molar-refractivity contribution in [2.75, 3.05) is 5.32 Å². The van der Waals surface area contributed by atoms with Crippen LogP contribution in [0.25, 0.3) is 0 Å². The summed E-state index contributed by atoms with van der Waals surface area (Å²) in [5.74, 6) is -3.46. The lowest BCUT2D eigenvalue weighted by atomic mass is 9.62. The highest BCUT2D eigenvalue weighted by molar-refractivity contribution is 7.18. The molecule has 7 nitrogen and oxygen atoms in total. The van der Waals surface area contributed by atoms with E-state index >= 15 is 8.78 Å². The average Bonchev–Trinajstić information content (AvgIpc) is 3.41. The van der Waals surface area contributed by atoms with Crippen molar-refractivity contribution in [3.63, 3.8) is 0 Å². The first-order valence-electron chi connectivity index (χ1n) is 12.1. The summed E-state index contributed by atoms with van der Waals surface area (Å²) in [5.41, 5.74) is -2.22. The van der Waals surface area contributed by atoms with Crippen LogP contribution in [0.2, 0.25) is 10.0 Å². The van der Waals surface area contributed by atoms with Gasteiger partial charge in [0.15, 0.2) is 5.06 Å². The van der Waals surface area contributed by atoms with Gasteiger partial charge in [-0.1, -0.05) is 73.5 Å². The number of hydrogen-bond donors (Lipinski definition) is 3. The Balaban J connectivity index is 1.91. The Morgan fingerprint density at radius 2 is 1.93 bits per heavy atom. The van der Waals surface area contributed by atoms with Gasteiger partial charge in [0.1, 0.15) is 17.0 Å². The van der Waals surface area contributed by atoms with E-state index in [1.807, 2.05) is 20.8 Å². The molecule has 210 valence electrons. The second-order valence-corrected chi connectivity index (χ2v) is 12.6. The molecule has 12 heteroatoms. The molecule has 1 fully saturated rings. The van der Waals surface area contributed by atoms with Crippen molar-refractivity contribution in [1.29, 1.82) is 5.26 Å². The smallest absolute Gasteiger partial charge is 0.449 e. The Hall–Kier alpha value is -3.23. The van der Waals surface area contributed by atoms with E-state index in [1.165, 1.54) is 42.5 Å². The van der Waals surface area contributed by atoms with Gasteiger partial charge in [0, 0.05) is 22.5 Å². The predicted octanol–water partition coefficient (Wildman–Crippen LogP) is 7.35. The van der Waals surface area contributed by atoms with Gasteiger partial charge >= 0.3 is 6.16 Å². The molecule has 3 N–H and O–H groups in total. The van der Waals surface area contributed by atoms with E-state index in [9.17, 15) is 14.9 Å². The summed E-state index contributed by atoms with van der Waals surface area (Å²) in [5, 5.41) is 25.8. The highest BCUT2D eigenvalue weighted by atomic mass is 35.5. The molecule has 2 heterocycles. The standard InChI is InChI=1S/C28H25Cl2F2N3O4S/c1-27(2,3)12-19-28(13-33,16-8-7-14(29)11-18(16)31)22(15-5-4-6-17(30)23(15)32)24(34-19)25(36)35-20-9-10-21(40-20)39-26(37)38/h4-11,19,22,24,34H,12H2,1-3H3,(H,35,36)(H,37,38)/t19-,22-,24+,28-/m0/s1. The summed E-state index contributed by atoms with van der Waals surface area (Å²) in [6, 6.07) is 11.3. The normalized spacial score (nSPS) is 22.5. The summed E-state index contributed by atoms with van der Waals surface area (Å²) >= 11 is 13.0. The molecule has 1 aromatic heterocycles. The first kappa shape index (κ1) is 29.7. The maximum atomic E-state index is 15.7. The van der Waals surface area contributed by atoms with E-state index < -0.39 is 47.1 Å². The van der Waals surface area contributed by atoms with Crippen LogP contribution >= 0.6 is 34.5 Å². The molecule has 1 aliphatic rings. The molecule has 4 atom stereocenters. The minimum Gasteiger partial charge on any atom is -0.449 e. The van der Waals surface area contributed by atoms with Crippen LogP contribution in [0.3, 0.4) is 0 Å². The monoisotopic (exact) mass is 607 g/mol. The van der Waals surface area contributed by atoms with Crippen LogP contribution in [0.15, 0.2) is 48.5 Å². The molecule has 2 aromatic carbocycles. The van der Waals surface area contributed by atoms with Gasteiger partial charge in [-0.15, -0.1) is 0 Å². The van der Waals surface area contributed by atoms with Crippen LogP contribution < -0.4 is 15.4 Å². The Morgan fingerprint density at radius 3 is 2.55 bits per heavy atom. The summed E-state index contributed by atoms with van der Waals surface area (Å²) in [7, 11) is 0. The maximum absolute atomic E-state index is 15.7. The number of halogens is 4. The predicted molar refractivity (Wildman–Crippen MR) is 149 cm³/mol. The Morgan fingerprint density at radius 1 is 1.20 bits per heavy atom. The fourth-order valence-corrected chi connectivity index (χ4v) is 6.38. The number of nitriles is 1. The van der Waals surface area contributed by atoms with Gasteiger partial charge in [0.05, 0.1) is 22.1 Å². The van der Waals surface area contributed by atoms with Crippen LogP contribution in [0.1, 0.15) is 44.2 Å². The molecule has 0 saturated carbocycles. The van der Waals surface area contributed by atoms with Crippen LogP contribution in [-0.4, -0.2) is 29.3 Å². The van der Waals surface area contributed by atoms with Crippen molar-refractivity contribution in [3.8, 4) is 11.1 Å². The van der Waals surface area contributed by atoms with E-state index in [0.29, 0.717) is 6.42 Å². The van der Waals surface area contributed by atoms with Crippen molar-refractivity contribution in [2.45, 2.75) is 50.6 Å². The number of nitrogens with one attached hydrogen (secondary N) is 2. The molecule has 1 aliphatic heterocycles. The summed E-state index contributed by atoms with van der Waals surface area (Å²) < 4.78 is 36.0. The molecule has 3 aromatic rings. The van der Waals surface area contributed by atoms with Crippen molar-refractivity contribution in [1.82, 2.24) is 5.32 Å². The molecule has 0 unspecified atom stereocenters. The third-order valence-electron chi connectivity index (χ3n) is 6.75. The van der Waals surface area contributed by atoms with Crippen LogP contribution in [0.5, 0.6) is 5.06 Å². The SMILES string of the molecule is CC(C)(C)C[C@@H]1N[C@@H](C(=O)Nc2ccc(OC(=O)O)s2)[C@H](c2cccc(Cl)c2F)[C@@]1(C#N)c1ccc(Cl)cc1F. The zero-order valence-corrected chi connectivity index (χ0v) is 23.9. The Labute approximate surface area is 243 Å². The summed E-state index contributed by atoms with van der Waals surface area (Å²) in [6.45, 7) is 5.81. The van der Waals surface area contributed by atoms with Gasteiger partial charge in [0.25, 0.3) is 0 Å². The highest BCUT2D eigenvalue weighted by Crippen LogP contribution is 2.53. The molecule has 0 spiro atoms.